The van der Waals surface area contributed by atoms with Crippen LogP contribution in [0.2, 0.25) is 0 Å². The molecule has 0 aromatic heterocycles. The Labute approximate surface area is 215 Å². The van der Waals surface area contributed by atoms with Crippen molar-refractivity contribution in [1.29, 1.82) is 0 Å². The smallest absolute Gasteiger partial charge is 0.276 e. The summed E-state index contributed by atoms with van der Waals surface area (Å²) in [5, 5.41) is 14.0. The molecule has 0 saturated carbocycles. The molecule has 0 radical (unpaired) electrons. The Bertz CT molecular complexity index is 1120. The topological polar surface area (TPSA) is 123 Å². The van der Waals surface area contributed by atoms with E-state index in [4.69, 9.17) is 14.2 Å². The third kappa shape index (κ3) is 7.20. The predicted molar refractivity (Wildman–Crippen MR) is 138 cm³/mol. The summed E-state index contributed by atoms with van der Waals surface area (Å²) in [6.45, 7) is 3.84. The van der Waals surface area contributed by atoms with Crippen molar-refractivity contribution in [1.82, 2.24) is 15.1 Å². The monoisotopic (exact) mass is 512 g/mol. The molecule has 1 heterocycles. The molecule has 2 aromatic carbocycles. The molecule has 1 saturated heterocycles. The quantitative estimate of drug-likeness (QED) is 0.211. The number of nitrogens with zero attached hydrogens (tertiary/aromatic N) is 3. The van der Waals surface area contributed by atoms with Gasteiger partial charge in [-0.25, -0.2) is 0 Å². The molecule has 0 atom stereocenters. The van der Waals surface area contributed by atoms with Gasteiger partial charge >= 0.3 is 0 Å². The predicted octanol–water partition coefficient (Wildman–Crippen LogP) is 2.60. The average molecular weight is 513 g/mol. The van der Waals surface area contributed by atoms with Crippen molar-refractivity contribution in [2.24, 2.45) is 0 Å². The van der Waals surface area contributed by atoms with Crippen LogP contribution >= 0.6 is 0 Å². The first-order valence-corrected chi connectivity index (χ1v) is 11.9. The van der Waals surface area contributed by atoms with Gasteiger partial charge in [0.05, 0.1) is 31.8 Å². The number of para-hydroxylation sites is 1. The molecule has 0 spiro atoms. The van der Waals surface area contributed by atoms with Crippen LogP contribution in [0.3, 0.4) is 0 Å². The molecule has 0 unspecified atom stereocenters. The first-order valence-electron chi connectivity index (χ1n) is 11.9. The Balaban J connectivity index is 1.42. The molecular formula is C26H32N4O7. The zero-order valence-corrected chi connectivity index (χ0v) is 21.3. The van der Waals surface area contributed by atoms with E-state index in [-0.39, 0.29) is 17.5 Å². The van der Waals surface area contributed by atoms with Crippen molar-refractivity contribution in [2.75, 3.05) is 60.6 Å². The molecular weight excluding hydrogens is 480 g/mol. The zero-order valence-electron chi connectivity index (χ0n) is 21.3. The number of nitro benzene ring substituents is 1. The van der Waals surface area contributed by atoms with Crippen LogP contribution in [0.15, 0.2) is 42.5 Å². The standard InChI is InChI=1S/C26H32N4O7/c1-35-22-17-20(18-23(36-2)25(22)37-3)26(32)27-11-6-12-28-13-15-29(16-14-28)24(31)10-9-19-7-4-5-8-21(19)30(33)34/h4-5,7-10,17-18H,6,11-16H2,1-3H3,(H,27,32). The fourth-order valence-electron chi connectivity index (χ4n) is 4.07. The first kappa shape index (κ1) is 27.5. The minimum absolute atomic E-state index is 0.0336. The van der Waals surface area contributed by atoms with Crippen LogP contribution < -0.4 is 19.5 Å². The molecule has 2 aromatic rings. The highest BCUT2D eigenvalue weighted by atomic mass is 16.6. The molecule has 1 aliphatic rings. The Morgan fingerprint density at radius 3 is 2.27 bits per heavy atom. The van der Waals surface area contributed by atoms with Gasteiger partial charge < -0.3 is 24.4 Å². The van der Waals surface area contributed by atoms with Crippen molar-refractivity contribution in [3.8, 4) is 17.2 Å². The van der Waals surface area contributed by atoms with Gasteiger partial charge in [0.2, 0.25) is 11.7 Å². The van der Waals surface area contributed by atoms with Gasteiger partial charge in [-0.2, -0.15) is 0 Å². The summed E-state index contributed by atoms with van der Waals surface area (Å²) in [7, 11) is 4.50. The van der Waals surface area contributed by atoms with E-state index in [1.165, 1.54) is 39.5 Å². The van der Waals surface area contributed by atoms with Gasteiger partial charge in [0.25, 0.3) is 11.6 Å². The number of hydrogen-bond donors (Lipinski definition) is 1. The van der Waals surface area contributed by atoms with Crippen molar-refractivity contribution in [2.45, 2.75) is 6.42 Å². The molecule has 1 aliphatic heterocycles. The Morgan fingerprint density at radius 2 is 1.68 bits per heavy atom. The number of amides is 2. The molecule has 0 aliphatic carbocycles. The van der Waals surface area contributed by atoms with Gasteiger partial charge in [0.15, 0.2) is 11.5 Å². The second-order valence-electron chi connectivity index (χ2n) is 8.34. The van der Waals surface area contributed by atoms with Crippen LogP contribution in [0.5, 0.6) is 17.2 Å². The van der Waals surface area contributed by atoms with E-state index in [1.807, 2.05) is 0 Å². The van der Waals surface area contributed by atoms with E-state index in [0.717, 1.165) is 13.0 Å². The summed E-state index contributed by atoms with van der Waals surface area (Å²) in [4.78, 5) is 39.8. The number of carbonyl (C=O) groups is 2. The number of piperazine rings is 1. The van der Waals surface area contributed by atoms with E-state index in [0.29, 0.717) is 61.1 Å². The van der Waals surface area contributed by atoms with Crippen LogP contribution in [0.1, 0.15) is 22.3 Å². The number of rotatable bonds is 11. The SMILES string of the molecule is COc1cc(C(=O)NCCCN2CCN(C(=O)C=Cc3ccccc3[N+](=O)[O-])CC2)cc(OC)c1OC. The molecule has 1 fully saturated rings. The summed E-state index contributed by atoms with van der Waals surface area (Å²) in [6.07, 6.45) is 3.63. The van der Waals surface area contributed by atoms with Crippen molar-refractivity contribution in [3.05, 3.63) is 63.7 Å². The van der Waals surface area contributed by atoms with Gasteiger partial charge in [0, 0.05) is 50.4 Å². The summed E-state index contributed by atoms with van der Waals surface area (Å²) in [6, 6.07) is 9.53. The lowest BCUT2D eigenvalue weighted by molar-refractivity contribution is -0.385. The summed E-state index contributed by atoms with van der Waals surface area (Å²) in [5.41, 5.74) is 0.775. The van der Waals surface area contributed by atoms with E-state index < -0.39 is 4.92 Å². The van der Waals surface area contributed by atoms with Gasteiger partial charge in [-0.3, -0.25) is 24.6 Å². The molecule has 11 heteroatoms. The Morgan fingerprint density at radius 1 is 1.03 bits per heavy atom. The lowest BCUT2D eigenvalue weighted by atomic mass is 10.1. The third-order valence-corrected chi connectivity index (χ3v) is 6.09. The fraction of sp³-hybridized carbons (Fsp3) is 0.385. The van der Waals surface area contributed by atoms with E-state index in [1.54, 1.807) is 35.2 Å². The van der Waals surface area contributed by atoms with Crippen LogP contribution in [0, 0.1) is 10.1 Å². The summed E-state index contributed by atoms with van der Waals surface area (Å²) >= 11 is 0. The zero-order chi connectivity index (χ0) is 26.8. The van der Waals surface area contributed by atoms with Crippen molar-refractivity contribution >= 4 is 23.6 Å². The largest absolute Gasteiger partial charge is 0.493 e. The summed E-state index contributed by atoms with van der Waals surface area (Å²) in [5.74, 6) is 0.846. The highest BCUT2D eigenvalue weighted by molar-refractivity contribution is 5.95. The number of nitrogens with one attached hydrogen (secondary N) is 1. The number of nitro groups is 1. The number of benzene rings is 2. The van der Waals surface area contributed by atoms with Gasteiger partial charge in [-0.1, -0.05) is 12.1 Å². The fourth-order valence-corrected chi connectivity index (χ4v) is 4.07. The molecule has 198 valence electrons. The number of ether oxygens (including phenoxy) is 3. The molecule has 37 heavy (non-hydrogen) atoms. The van der Waals surface area contributed by atoms with E-state index in [9.17, 15) is 19.7 Å². The first-order chi connectivity index (χ1) is 17.9. The van der Waals surface area contributed by atoms with Gasteiger partial charge in [-0.15, -0.1) is 0 Å². The van der Waals surface area contributed by atoms with Crippen LogP contribution in [-0.4, -0.2) is 87.1 Å². The second kappa shape index (κ2) is 13.3. The highest BCUT2D eigenvalue weighted by Crippen LogP contribution is 2.38. The molecule has 0 bridgehead atoms. The van der Waals surface area contributed by atoms with Crippen LogP contribution in [0.25, 0.3) is 6.08 Å². The molecule has 11 nitrogen and oxygen atoms in total. The van der Waals surface area contributed by atoms with Crippen LogP contribution in [-0.2, 0) is 4.79 Å². The Hall–Kier alpha value is -4.12. The normalized spacial score (nSPS) is 13.9. The van der Waals surface area contributed by atoms with Gasteiger partial charge in [0.1, 0.15) is 0 Å². The maximum Gasteiger partial charge on any atom is 0.276 e. The average Bonchev–Trinajstić information content (AvgIpc) is 2.93. The minimum Gasteiger partial charge on any atom is -0.493 e. The molecule has 3 rings (SSSR count). The number of methoxy groups -OCH3 is 3. The minimum atomic E-state index is -0.462. The highest BCUT2D eigenvalue weighted by Gasteiger charge is 2.20. The molecule has 2 amide bonds. The number of hydrogen-bond acceptors (Lipinski definition) is 8. The molecule has 1 N–H and O–H groups in total. The third-order valence-electron chi connectivity index (χ3n) is 6.09. The van der Waals surface area contributed by atoms with Gasteiger partial charge in [-0.05, 0) is 37.2 Å². The lowest BCUT2D eigenvalue weighted by Crippen LogP contribution is -2.48. The van der Waals surface area contributed by atoms with E-state index >= 15 is 0 Å². The maximum atomic E-state index is 12.6. The summed E-state index contributed by atoms with van der Waals surface area (Å²) < 4.78 is 15.9. The van der Waals surface area contributed by atoms with Crippen molar-refractivity contribution in [3.63, 3.8) is 0 Å². The second-order valence-corrected chi connectivity index (χ2v) is 8.34. The number of carbonyl (C=O) groups excluding carboxylic acids is 2. The Kier molecular flexibility index (Phi) is 9.84. The van der Waals surface area contributed by atoms with Crippen LogP contribution in [0.4, 0.5) is 5.69 Å². The maximum absolute atomic E-state index is 12.6. The van der Waals surface area contributed by atoms with Crippen molar-refractivity contribution < 1.29 is 28.7 Å². The lowest BCUT2D eigenvalue weighted by Gasteiger charge is -2.34. The van der Waals surface area contributed by atoms with E-state index in [2.05, 4.69) is 10.2 Å².